The number of methoxy groups -OCH3 is 1. The number of nitrogens with one attached hydrogen (secondary N) is 1. The molecule has 2 aromatic rings. The van der Waals surface area contributed by atoms with Crippen LogP contribution in [-0.2, 0) is 17.8 Å². The van der Waals surface area contributed by atoms with Crippen LogP contribution in [0.1, 0.15) is 11.1 Å². The largest absolute Gasteiger partial charge is 0.383 e. The zero-order valence-electron chi connectivity index (χ0n) is 11.1. The van der Waals surface area contributed by atoms with E-state index in [2.05, 4.69) is 34.4 Å². The average molecular weight is 279 g/mol. The molecule has 4 heteroatoms. The first kappa shape index (κ1) is 14.1. The van der Waals surface area contributed by atoms with Crippen molar-refractivity contribution in [2.75, 3.05) is 20.3 Å². The highest BCUT2D eigenvalue weighted by Crippen LogP contribution is 2.12. The molecule has 0 aliphatic rings. The van der Waals surface area contributed by atoms with Crippen LogP contribution >= 0.6 is 11.6 Å². The topological polar surface area (TPSA) is 26.2 Å². The Morgan fingerprint density at radius 1 is 1.26 bits per heavy atom. The van der Waals surface area contributed by atoms with E-state index in [1.54, 1.807) is 7.11 Å². The molecule has 0 saturated heterocycles. The van der Waals surface area contributed by atoms with Gasteiger partial charge in [0, 0.05) is 44.2 Å². The summed E-state index contributed by atoms with van der Waals surface area (Å²) in [7, 11) is 1.71. The molecule has 0 fully saturated rings. The predicted molar refractivity (Wildman–Crippen MR) is 78.6 cm³/mol. The van der Waals surface area contributed by atoms with Gasteiger partial charge in [-0.1, -0.05) is 23.7 Å². The van der Waals surface area contributed by atoms with Gasteiger partial charge in [-0.3, -0.25) is 0 Å². The lowest BCUT2D eigenvalue weighted by Gasteiger charge is -2.04. The minimum absolute atomic E-state index is 0.739. The number of hydrogen-bond acceptors (Lipinski definition) is 2. The lowest BCUT2D eigenvalue weighted by atomic mass is 10.2. The van der Waals surface area contributed by atoms with Gasteiger partial charge in [0.2, 0.25) is 0 Å². The molecule has 0 bridgehead atoms. The van der Waals surface area contributed by atoms with E-state index in [1.807, 2.05) is 18.2 Å². The average Bonchev–Trinajstić information content (AvgIpc) is 2.82. The molecular weight excluding hydrogens is 260 g/mol. The quantitative estimate of drug-likeness (QED) is 0.788. The van der Waals surface area contributed by atoms with Gasteiger partial charge in [-0.05, 0) is 29.3 Å². The number of nitrogens with zero attached hydrogens (tertiary/aromatic N) is 1. The van der Waals surface area contributed by atoms with Crippen LogP contribution in [0, 0.1) is 0 Å². The third-order valence-corrected chi connectivity index (χ3v) is 3.11. The van der Waals surface area contributed by atoms with E-state index >= 15 is 0 Å². The Balaban J connectivity index is 1.87. The zero-order valence-corrected chi connectivity index (χ0v) is 11.9. The fourth-order valence-electron chi connectivity index (χ4n) is 1.95. The summed E-state index contributed by atoms with van der Waals surface area (Å²) in [5, 5.41) is 4.11. The predicted octanol–water partition coefficient (Wildman–Crippen LogP) is 2.93. The molecule has 0 amide bonds. The van der Waals surface area contributed by atoms with Crippen LogP contribution in [0.5, 0.6) is 0 Å². The molecule has 2 rings (SSSR count). The number of ether oxygens (including phenoxy) is 1. The van der Waals surface area contributed by atoms with Crippen LogP contribution in [0.4, 0.5) is 0 Å². The maximum absolute atomic E-state index is 5.98. The van der Waals surface area contributed by atoms with Crippen LogP contribution in [0.25, 0.3) is 0 Å². The molecule has 0 saturated carbocycles. The smallest absolute Gasteiger partial charge is 0.0587 e. The summed E-state index contributed by atoms with van der Waals surface area (Å²) in [6.45, 7) is 3.32. The number of rotatable bonds is 7. The molecule has 19 heavy (non-hydrogen) atoms. The second kappa shape index (κ2) is 7.34. The SMILES string of the molecule is COCCNCc1ccn(Cc2cccc(Cl)c2)c1. The normalized spacial score (nSPS) is 10.8. The molecule has 1 N–H and O–H groups in total. The molecule has 1 heterocycles. The molecular formula is C15H19ClN2O. The molecule has 3 nitrogen and oxygen atoms in total. The summed E-state index contributed by atoms with van der Waals surface area (Å²) in [5.41, 5.74) is 2.49. The Hall–Kier alpha value is -1.29. The second-order valence-corrected chi connectivity index (χ2v) is 4.93. The Bertz CT molecular complexity index is 510. The van der Waals surface area contributed by atoms with Crippen LogP contribution in [-0.4, -0.2) is 24.8 Å². The molecule has 1 aromatic heterocycles. The van der Waals surface area contributed by atoms with Crippen LogP contribution < -0.4 is 5.32 Å². The Kier molecular flexibility index (Phi) is 5.45. The standard InChI is InChI=1S/C15H19ClN2O/c1-19-8-6-17-10-14-5-7-18(12-14)11-13-3-2-4-15(16)9-13/h2-5,7,9,12,17H,6,8,10-11H2,1H3. The highest BCUT2D eigenvalue weighted by Gasteiger charge is 1.99. The van der Waals surface area contributed by atoms with Gasteiger partial charge < -0.3 is 14.6 Å². The highest BCUT2D eigenvalue weighted by atomic mass is 35.5. The van der Waals surface area contributed by atoms with Gasteiger partial charge in [0.05, 0.1) is 6.61 Å². The fourth-order valence-corrected chi connectivity index (χ4v) is 2.16. The minimum Gasteiger partial charge on any atom is -0.383 e. The van der Waals surface area contributed by atoms with E-state index in [9.17, 15) is 0 Å². The first-order valence-corrected chi connectivity index (χ1v) is 6.74. The monoisotopic (exact) mass is 278 g/mol. The molecule has 0 aliphatic heterocycles. The Morgan fingerprint density at radius 2 is 2.16 bits per heavy atom. The van der Waals surface area contributed by atoms with Gasteiger partial charge >= 0.3 is 0 Å². The maximum Gasteiger partial charge on any atom is 0.0587 e. The van der Waals surface area contributed by atoms with E-state index in [4.69, 9.17) is 16.3 Å². The summed E-state index contributed by atoms with van der Waals surface area (Å²) < 4.78 is 7.16. The number of halogens is 1. The molecule has 0 aliphatic carbocycles. The second-order valence-electron chi connectivity index (χ2n) is 4.49. The third kappa shape index (κ3) is 4.71. The van der Waals surface area contributed by atoms with Gasteiger partial charge in [-0.2, -0.15) is 0 Å². The van der Waals surface area contributed by atoms with Crippen molar-refractivity contribution >= 4 is 11.6 Å². The van der Waals surface area contributed by atoms with Crippen molar-refractivity contribution in [2.45, 2.75) is 13.1 Å². The first-order chi connectivity index (χ1) is 9.28. The van der Waals surface area contributed by atoms with E-state index in [0.29, 0.717) is 0 Å². The number of hydrogen-bond donors (Lipinski definition) is 1. The van der Waals surface area contributed by atoms with Gasteiger partial charge in [-0.15, -0.1) is 0 Å². The molecule has 102 valence electrons. The van der Waals surface area contributed by atoms with Gasteiger partial charge in [-0.25, -0.2) is 0 Å². The van der Waals surface area contributed by atoms with Crippen LogP contribution in [0.3, 0.4) is 0 Å². The van der Waals surface area contributed by atoms with Crippen molar-refractivity contribution in [3.05, 3.63) is 58.9 Å². The fraction of sp³-hybridized carbons (Fsp3) is 0.333. The van der Waals surface area contributed by atoms with Crippen molar-refractivity contribution in [1.82, 2.24) is 9.88 Å². The minimum atomic E-state index is 0.739. The summed E-state index contributed by atoms with van der Waals surface area (Å²) in [5.74, 6) is 0. The van der Waals surface area contributed by atoms with E-state index in [-0.39, 0.29) is 0 Å². The van der Waals surface area contributed by atoms with Crippen molar-refractivity contribution in [3.8, 4) is 0 Å². The van der Waals surface area contributed by atoms with E-state index in [1.165, 1.54) is 11.1 Å². The van der Waals surface area contributed by atoms with Crippen molar-refractivity contribution in [1.29, 1.82) is 0 Å². The third-order valence-electron chi connectivity index (χ3n) is 2.88. The summed E-state index contributed by atoms with van der Waals surface area (Å²) in [6.07, 6.45) is 4.24. The molecule has 0 spiro atoms. The van der Waals surface area contributed by atoms with E-state index in [0.717, 1.165) is 31.3 Å². The van der Waals surface area contributed by atoms with Crippen molar-refractivity contribution in [2.24, 2.45) is 0 Å². The van der Waals surface area contributed by atoms with Gasteiger partial charge in [0.15, 0.2) is 0 Å². The summed E-state index contributed by atoms with van der Waals surface area (Å²) >= 11 is 5.98. The molecule has 0 atom stereocenters. The van der Waals surface area contributed by atoms with Gasteiger partial charge in [0.1, 0.15) is 0 Å². The Labute approximate surface area is 119 Å². The lowest BCUT2D eigenvalue weighted by Crippen LogP contribution is -2.18. The lowest BCUT2D eigenvalue weighted by molar-refractivity contribution is 0.199. The van der Waals surface area contributed by atoms with Crippen molar-refractivity contribution in [3.63, 3.8) is 0 Å². The van der Waals surface area contributed by atoms with Crippen molar-refractivity contribution < 1.29 is 4.74 Å². The molecule has 1 aromatic carbocycles. The highest BCUT2D eigenvalue weighted by molar-refractivity contribution is 6.30. The number of aromatic nitrogens is 1. The van der Waals surface area contributed by atoms with Gasteiger partial charge in [0.25, 0.3) is 0 Å². The summed E-state index contributed by atoms with van der Waals surface area (Å²) in [6, 6.07) is 10.1. The maximum atomic E-state index is 5.98. The van der Waals surface area contributed by atoms with E-state index < -0.39 is 0 Å². The summed E-state index contributed by atoms with van der Waals surface area (Å²) in [4.78, 5) is 0. The molecule has 0 unspecified atom stereocenters. The number of benzene rings is 1. The Morgan fingerprint density at radius 3 is 2.95 bits per heavy atom. The molecule has 0 radical (unpaired) electrons. The first-order valence-electron chi connectivity index (χ1n) is 6.36. The van der Waals surface area contributed by atoms with Crippen LogP contribution in [0.2, 0.25) is 5.02 Å². The zero-order chi connectivity index (χ0) is 13.5. The van der Waals surface area contributed by atoms with Crippen LogP contribution in [0.15, 0.2) is 42.7 Å².